The first-order chi connectivity index (χ1) is 12.8. The number of nitrogens with zero attached hydrogens (tertiary/aromatic N) is 1. The van der Waals surface area contributed by atoms with Gasteiger partial charge in [-0.3, -0.25) is 4.79 Å². The number of hydrogen-bond acceptors (Lipinski definition) is 3. The average Bonchev–Trinajstić information content (AvgIpc) is 3.42. The van der Waals surface area contributed by atoms with E-state index in [1.165, 1.54) is 0 Å². The van der Waals surface area contributed by atoms with E-state index in [0.717, 1.165) is 29.7 Å². The van der Waals surface area contributed by atoms with E-state index in [1.807, 2.05) is 71.6 Å². The van der Waals surface area contributed by atoms with E-state index in [4.69, 9.17) is 9.15 Å². The fourth-order valence-electron chi connectivity index (χ4n) is 2.98. The fourth-order valence-corrected chi connectivity index (χ4v) is 2.98. The van der Waals surface area contributed by atoms with Crippen molar-refractivity contribution in [3.05, 3.63) is 89.9 Å². The Bertz CT molecular complexity index is 853. The summed E-state index contributed by atoms with van der Waals surface area (Å²) in [7, 11) is 0. The number of furan rings is 1. The van der Waals surface area contributed by atoms with E-state index >= 15 is 0 Å². The molecule has 0 N–H and O–H groups in total. The molecule has 0 bridgehead atoms. The molecule has 1 aliphatic carbocycles. The Hall–Kier alpha value is -3.01. The SMILES string of the molecule is O=C(c1occc1COc1ccccc1)N(Cc1ccccc1)C1CC1. The molecule has 132 valence electrons. The standard InChI is InChI=1S/C22H21NO3/c24-22(23(19-11-12-19)15-17-7-3-1-4-8-17)21-18(13-14-25-21)16-26-20-9-5-2-6-10-20/h1-10,13-14,19H,11-12,15-16H2. The molecule has 1 saturated carbocycles. The summed E-state index contributed by atoms with van der Waals surface area (Å²) in [6.07, 6.45) is 3.66. The molecule has 4 rings (SSSR count). The van der Waals surface area contributed by atoms with Crippen molar-refractivity contribution in [1.29, 1.82) is 0 Å². The van der Waals surface area contributed by atoms with Gasteiger partial charge in [0.1, 0.15) is 12.4 Å². The monoisotopic (exact) mass is 347 g/mol. The largest absolute Gasteiger partial charge is 0.489 e. The summed E-state index contributed by atoms with van der Waals surface area (Å²) < 4.78 is 11.3. The third-order valence-corrected chi connectivity index (χ3v) is 4.52. The Balaban J connectivity index is 1.49. The number of benzene rings is 2. The second-order valence-electron chi connectivity index (χ2n) is 6.53. The van der Waals surface area contributed by atoms with E-state index in [0.29, 0.717) is 25.0 Å². The van der Waals surface area contributed by atoms with Crippen LogP contribution in [0.4, 0.5) is 0 Å². The third-order valence-electron chi connectivity index (χ3n) is 4.52. The summed E-state index contributed by atoms with van der Waals surface area (Å²) in [5, 5.41) is 0. The molecule has 4 nitrogen and oxygen atoms in total. The average molecular weight is 347 g/mol. The second kappa shape index (κ2) is 7.48. The van der Waals surface area contributed by atoms with Crippen molar-refractivity contribution in [1.82, 2.24) is 4.90 Å². The molecule has 0 radical (unpaired) electrons. The molecule has 1 aromatic heterocycles. The number of carbonyl (C=O) groups is 1. The number of para-hydroxylation sites is 1. The Kier molecular flexibility index (Phi) is 4.73. The van der Waals surface area contributed by atoms with Crippen LogP contribution in [0.2, 0.25) is 0 Å². The Morgan fingerprint density at radius 1 is 1.00 bits per heavy atom. The van der Waals surface area contributed by atoms with Crippen LogP contribution in [-0.4, -0.2) is 16.8 Å². The summed E-state index contributed by atoms with van der Waals surface area (Å²) in [4.78, 5) is 15.0. The molecule has 1 heterocycles. The molecule has 1 fully saturated rings. The van der Waals surface area contributed by atoms with E-state index in [1.54, 1.807) is 6.26 Å². The Morgan fingerprint density at radius 3 is 2.38 bits per heavy atom. The van der Waals surface area contributed by atoms with E-state index in [9.17, 15) is 4.79 Å². The molecule has 0 aliphatic heterocycles. The third kappa shape index (κ3) is 3.80. The van der Waals surface area contributed by atoms with E-state index < -0.39 is 0 Å². The van der Waals surface area contributed by atoms with Crippen LogP contribution in [-0.2, 0) is 13.2 Å². The van der Waals surface area contributed by atoms with Gasteiger partial charge in [0.25, 0.3) is 5.91 Å². The Morgan fingerprint density at radius 2 is 1.69 bits per heavy atom. The van der Waals surface area contributed by atoms with Gasteiger partial charge >= 0.3 is 0 Å². The van der Waals surface area contributed by atoms with Gasteiger partial charge in [-0.15, -0.1) is 0 Å². The molecule has 26 heavy (non-hydrogen) atoms. The van der Waals surface area contributed by atoms with Crippen LogP contribution in [0.5, 0.6) is 5.75 Å². The molecule has 0 unspecified atom stereocenters. The lowest BCUT2D eigenvalue weighted by Crippen LogP contribution is -2.33. The molecular formula is C22H21NO3. The summed E-state index contributed by atoms with van der Waals surface area (Å²) in [5.74, 6) is 1.09. The van der Waals surface area contributed by atoms with Crippen molar-refractivity contribution in [3.63, 3.8) is 0 Å². The minimum Gasteiger partial charge on any atom is -0.489 e. The lowest BCUT2D eigenvalue weighted by Gasteiger charge is -2.22. The molecule has 1 aliphatic rings. The van der Waals surface area contributed by atoms with Crippen molar-refractivity contribution in [2.45, 2.75) is 32.0 Å². The van der Waals surface area contributed by atoms with Crippen molar-refractivity contribution in [2.24, 2.45) is 0 Å². The number of rotatable bonds is 7. The zero-order valence-electron chi connectivity index (χ0n) is 14.5. The van der Waals surface area contributed by atoms with Crippen molar-refractivity contribution < 1.29 is 13.9 Å². The molecule has 0 spiro atoms. The zero-order valence-corrected chi connectivity index (χ0v) is 14.5. The van der Waals surface area contributed by atoms with Gasteiger partial charge in [0, 0.05) is 18.2 Å². The zero-order chi connectivity index (χ0) is 17.8. The summed E-state index contributed by atoms with van der Waals surface area (Å²) in [6.45, 7) is 0.912. The minimum atomic E-state index is -0.0620. The molecule has 3 aromatic rings. The number of hydrogen-bond donors (Lipinski definition) is 0. The lowest BCUT2D eigenvalue weighted by atomic mass is 10.2. The maximum Gasteiger partial charge on any atom is 0.290 e. The molecule has 4 heteroatoms. The molecule has 2 aromatic carbocycles. The number of amides is 1. The van der Waals surface area contributed by atoms with Gasteiger partial charge < -0.3 is 14.1 Å². The van der Waals surface area contributed by atoms with Crippen LogP contribution >= 0.6 is 0 Å². The van der Waals surface area contributed by atoms with Gasteiger partial charge in [0.15, 0.2) is 5.76 Å². The molecule has 0 atom stereocenters. The van der Waals surface area contributed by atoms with Gasteiger partial charge in [-0.2, -0.15) is 0 Å². The highest BCUT2D eigenvalue weighted by Crippen LogP contribution is 2.31. The van der Waals surface area contributed by atoms with Crippen molar-refractivity contribution in [2.75, 3.05) is 0 Å². The highest BCUT2D eigenvalue weighted by molar-refractivity contribution is 5.93. The van der Waals surface area contributed by atoms with Crippen LogP contribution in [0.25, 0.3) is 0 Å². The van der Waals surface area contributed by atoms with Crippen LogP contribution in [0, 0.1) is 0 Å². The molecule has 0 saturated heterocycles. The highest BCUT2D eigenvalue weighted by atomic mass is 16.5. The smallest absolute Gasteiger partial charge is 0.290 e. The first-order valence-corrected chi connectivity index (χ1v) is 8.90. The highest BCUT2D eigenvalue weighted by Gasteiger charge is 2.35. The Labute approximate surface area is 153 Å². The topological polar surface area (TPSA) is 42.7 Å². The summed E-state index contributed by atoms with van der Waals surface area (Å²) >= 11 is 0. The van der Waals surface area contributed by atoms with E-state index in [-0.39, 0.29) is 5.91 Å². The minimum absolute atomic E-state index is 0.0620. The fraction of sp³-hybridized carbons (Fsp3) is 0.227. The van der Waals surface area contributed by atoms with E-state index in [2.05, 4.69) is 0 Å². The van der Waals surface area contributed by atoms with Crippen LogP contribution in [0.1, 0.15) is 34.5 Å². The summed E-state index contributed by atoms with van der Waals surface area (Å²) in [6, 6.07) is 21.8. The number of ether oxygens (including phenoxy) is 1. The number of carbonyl (C=O) groups excluding carboxylic acids is 1. The first-order valence-electron chi connectivity index (χ1n) is 8.90. The summed E-state index contributed by atoms with van der Waals surface area (Å²) in [5.41, 5.74) is 1.90. The van der Waals surface area contributed by atoms with Crippen LogP contribution < -0.4 is 4.74 Å². The predicted octanol–water partition coefficient (Wildman–Crippen LogP) is 4.66. The van der Waals surface area contributed by atoms with Gasteiger partial charge in [0.05, 0.1) is 6.26 Å². The normalized spacial score (nSPS) is 13.4. The van der Waals surface area contributed by atoms with Crippen LogP contribution in [0.15, 0.2) is 77.4 Å². The van der Waals surface area contributed by atoms with Gasteiger partial charge in [0.2, 0.25) is 0 Å². The van der Waals surface area contributed by atoms with Gasteiger partial charge in [-0.1, -0.05) is 48.5 Å². The predicted molar refractivity (Wildman–Crippen MR) is 98.8 cm³/mol. The maximum atomic E-state index is 13.1. The van der Waals surface area contributed by atoms with Gasteiger partial charge in [-0.05, 0) is 36.6 Å². The first kappa shape index (κ1) is 16.5. The second-order valence-corrected chi connectivity index (χ2v) is 6.53. The maximum absolute atomic E-state index is 13.1. The van der Waals surface area contributed by atoms with Crippen molar-refractivity contribution in [3.8, 4) is 5.75 Å². The lowest BCUT2D eigenvalue weighted by molar-refractivity contribution is 0.0693. The van der Waals surface area contributed by atoms with Gasteiger partial charge in [-0.25, -0.2) is 0 Å². The molecular weight excluding hydrogens is 326 g/mol. The quantitative estimate of drug-likeness (QED) is 0.624. The van der Waals surface area contributed by atoms with Crippen molar-refractivity contribution >= 4 is 5.91 Å². The molecule has 1 amide bonds. The van der Waals surface area contributed by atoms with Crippen LogP contribution in [0.3, 0.4) is 0 Å².